The summed E-state index contributed by atoms with van der Waals surface area (Å²) >= 11 is 0. The van der Waals surface area contributed by atoms with Crippen LogP contribution in [0.15, 0.2) is 42.6 Å². The normalized spacial score (nSPS) is 10.8. The Morgan fingerprint density at radius 2 is 1.81 bits per heavy atom. The highest BCUT2D eigenvalue weighted by Gasteiger charge is 2.24. The monoisotopic (exact) mass is 364 g/mol. The summed E-state index contributed by atoms with van der Waals surface area (Å²) < 4.78 is 1.68. The SMILES string of the molecule is CCN(CC)C(=O)c1nc(C(=O)Nc2ccc(C)c(C)c2)c2ccccn12. The zero-order valence-electron chi connectivity index (χ0n) is 16.1. The molecule has 6 nitrogen and oxygen atoms in total. The lowest BCUT2D eigenvalue weighted by atomic mass is 10.1. The van der Waals surface area contributed by atoms with Crippen molar-refractivity contribution in [3.63, 3.8) is 0 Å². The highest BCUT2D eigenvalue weighted by Crippen LogP contribution is 2.19. The Morgan fingerprint density at radius 1 is 1.07 bits per heavy atom. The summed E-state index contributed by atoms with van der Waals surface area (Å²) in [5.74, 6) is -0.272. The maximum atomic E-state index is 12.9. The third kappa shape index (κ3) is 3.56. The second-order valence-electron chi connectivity index (χ2n) is 6.47. The maximum Gasteiger partial charge on any atom is 0.290 e. The van der Waals surface area contributed by atoms with Crippen LogP contribution < -0.4 is 5.32 Å². The van der Waals surface area contributed by atoms with Gasteiger partial charge in [0.15, 0.2) is 5.69 Å². The predicted molar refractivity (Wildman–Crippen MR) is 106 cm³/mol. The predicted octanol–water partition coefficient (Wildman–Crippen LogP) is 3.69. The first-order valence-corrected chi connectivity index (χ1v) is 9.11. The van der Waals surface area contributed by atoms with Gasteiger partial charge in [-0.2, -0.15) is 0 Å². The van der Waals surface area contributed by atoms with E-state index in [0.29, 0.717) is 24.3 Å². The van der Waals surface area contributed by atoms with Gasteiger partial charge in [0, 0.05) is 25.0 Å². The second-order valence-corrected chi connectivity index (χ2v) is 6.47. The van der Waals surface area contributed by atoms with E-state index in [-0.39, 0.29) is 23.3 Å². The zero-order chi connectivity index (χ0) is 19.6. The topological polar surface area (TPSA) is 66.7 Å². The third-order valence-electron chi connectivity index (χ3n) is 4.77. The summed E-state index contributed by atoms with van der Waals surface area (Å²) in [7, 11) is 0. The van der Waals surface area contributed by atoms with Crippen LogP contribution in [0.5, 0.6) is 0 Å². The van der Waals surface area contributed by atoms with E-state index in [4.69, 9.17) is 0 Å². The molecule has 0 aliphatic heterocycles. The number of nitrogens with zero attached hydrogens (tertiary/aromatic N) is 3. The van der Waals surface area contributed by atoms with Crippen molar-refractivity contribution in [1.29, 1.82) is 0 Å². The number of aryl methyl sites for hydroxylation is 2. The Hall–Kier alpha value is -3.15. The lowest BCUT2D eigenvalue weighted by Crippen LogP contribution is -2.32. The number of imidazole rings is 1. The fraction of sp³-hybridized carbons (Fsp3) is 0.286. The van der Waals surface area contributed by atoms with Crippen molar-refractivity contribution in [3.05, 3.63) is 65.2 Å². The van der Waals surface area contributed by atoms with Crippen molar-refractivity contribution in [3.8, 4) is 0 Å². The summed E-state index contributed by atoms with van der Waals surface area (Å²) in [6, 6.07) is 11.2. The van der Waals surface area contributed by atoms with Crippen LogP contribution in [-0.4, -0.2) is 39.2 Å². The van der Waals surface area contributed by atoms with Crippen molar-refractivity contribution in [2.75, 3.05) is 18.4 Å². The van der Waals surface area contributed by atoms with Gasteiger partial charge in [0.2, 0.25) is 5.82 Å². The molecule has 27 heavy (non-hydrogen) atoms. The highest BCUT2D eigenvalue weighted by molar-refractivity contribution is 6.09. The van der Waals surface area contributed by atoms with Gasteiger partial charge in [-0.15, -0.1) is 0 Å². The van der Waals surface area contributed by atoms with Gasteiger partial charge in [-0.25, -0.2) is 4.98 Å². The smallest absolute Gasteiger partial charge is 0.290 e. The number of amides is 2. The summed E-state index contributed by atoms with van der Waals surface area (Å²) in [5.41, 5.74) is 3.81. The number of hydrogen-bond acceptors (Lipinski definition) is 3. The molecule has 0 bridgehead atoms. The number of anilines is 1. The van der Waals surface area contributed by atoms with Gasteiger partial charge < -0.3 is 10.2 Å². The van der Waals surface area contributed by atoms with E-state index >= 15 is 0 Å². The Kier molecular flexibility index (Phi) is 5.26. The fourth-order valence-electron chi connectivity index (χ4n) is 3.02. The first-order valence-electron chi connectivity index (χ1n) is 9.11. The molecule has 1 aromatic carbocycles. The van der Waals surface area contributed by atoms with E-state index in [2.05, 4.69) is 10.3 Å². The Labute approximate surface area is 158 Å². The van der Waals surface area contributed by atoms with Gasteiger partial charge >= 0.3 is 0 Å². The molecule has 0 unspecified atom stereocenters. The van der Waals surface area contributed by atoms with Crippen molar-refractivity contribution >= 4 is 23.0 Å². The van der Waals surface area contributed by atoms with E-state index in [1.54, 1.807) is 21.6 Å². The molecule has 0 aliphatic rings. The van der Waals surface area contributed by atoms with Gasteiger partial charge in [-0.3, -0.25) is 14.0 Å². The Balaban J connectivity index is 2.00. The minimum Gasteiger partial charge on any atom is -0.337 e. The molecule has 0 aliphatic carbocycles. The second kappa shape index (κ2) is 7.61. The number of aromatic nitrogens is 2. The molecule has 3 rings (SSSR count). The molecule has 0 atom stereocenters. The number of hydrogen-bond donors (Lipinski definition) is 1. The number of pyridine rings is 1. The Morgan fingerprint density at radius 3 is 2.48 bits per heavy atom. The third-order valence-corrected chi connectivity index (χ3v) is 4.77. The van der Waals surface area contributed by atoms with E-state index < -0.39 is 0 Å². The fourth-order valence-corrected chi connectivity index (χ4v) is 3.02. The molecule has 0 saturated heterocycles. The van der Waals surface area contributed by atoms with Crippen molar-refractivity contribution in [1.82, 2.24) is 14.3 Å². The molecule has 3 aromatic rings. The van der Waals surface area contributed by atoms with Crippen molar-refractivity contribution < 1.29 is 9.59 Å². The first-order chi connectivity index (χ1) is 13.0. The van der Waals surface area contributed by atoms with Crippen LogP contribution in [0.2, 0.25) is 0 Å². The standard InChI is InChI=1S/C21H24N4O2/c1-5-24(6-2)21(27)19-23-18(17-9-7-8-12-25(17)19)20(26)22-16-11-10-14(3)15(4)13-16/h7-13H,5-6H2,1-4H3,(H,22,26). The van der Waals surface area contributed by atoms with Crippen LogP contribution in [0.4, 0.5) is 5.69 Å². The summed E-state index contributed by atoms with van der Waals surface area (Å²) in [6.07, 6.45) is 1.76. The summed E-state index contributed by atoms with van der Waals surface area (Å²) in [4.78, 5) is 31.8. The van der Waals surface area contributed by atoms with Crippen molar-refractivity contribution in [2.45, 2.75) is 27.7 Å². The van der Waals surface area contributed by atoms with Crippen molar-refractivity contribution in [2.24, 2.45) is 0 Å². The Bertz CT molecular complexity index is 1000. The number of carbonyl (C=O) groups is 2. The molecule has 140 valence electrons. The molecule has 2 heterocycles. The van der Waals surface area contributed by atoms with Crippen LogP contribution in [0.25, 0.3) is 5.52 Å². The molecule has 1 N–H and O–H groups in total. The first kappa shape index (κ1) is 18.6. The molecule has 6 heteroatoms. The van der Waals surface area contributed by atoms with Gasteiger partial charge in [-0.05, 0) is 63.1 Å². The average molecular weight is 364 g/mol. The molecule has 0 radical (unpaired) electrons. The van der Waals surface area contributed by atoms with Gasteiger partial charge in [0.05, 0.1) is 5.52 Å². The number of nitrogens with one attached hydrogen (secondary N) is 1. The molecule has 0 saturated carbocycles. The quantitative estimate of drug-likeness (QED) is 0.751. The largest absolute Gasteiger partial charge is 0.337 e. The highest BCUT2D eigenvalue weighted by atomic mass is 16.2. The van der Waals surface area contributed by atoms with Crippen LogP contribution >= 0.6 is 0 Å². The van der Waals surface area contributed by atoms with E-state index in [1.165, 1.54) is 0 Å². The lowest BCUT2D eigenvalue weighted by Gasteiger charge is -2.17. The van der Waals surface area contributed by atoms with Crippen LogP contribution in [0.3, 0.4) is 0 Å². The van der Waals surface area contributed by atoms with Crippen LogP contribution in [0, 0.1) is 13.8 Å². The molecule has 2 aromatic heterocycles. The number of carbonyl (C=O) groups excluding carboxylic acids is 2. The minimum atomic E-state index is -0.333. The lowest BCUT2D eigenvalue weighted by molar-refractivity contribution is 0.0760. The number of rotatable bonds is 5. The molecular formula is C21H24N4O2. The molecule has 0 spiro atoms. The van der Waals surface area contributed by atoms with E-state index in [9.17, 15) is 9.59 Å². The molecule has 0 fully saturated rings. The molecule has 2 amide bonds. The molecular weight excluding hydrogens is 340 g/mol. The van der Waals surface area contributed by atoms with E-state index in [0.717, 1.165) is 11.1 Å². The van der Waals surface area contributed by atoms with E-state index in [1.807, 2.05) is 58.0 Å². The average Bonchev–Trinajstić information content (AvgIpc) is 3.05. The number of benzene rings is 1. The van der Waals surface area contributed by atoms with Gasteiger partial charge in [0.25, 0.3) is 11.8 Å². The van der Waals surface area contributed by atoms with Crippen LogP contribution in [-0.2, 0) is 0 Å². The van der Waals surface area contributed by atoms with Gasteiger partial charge in [0.1, 0.15) is 0 Å². The summed E-state index contributed by atoms with van der Waals surface area (Å²) in [6.45, 7) is 9.03. The number of fused-ring (bicyclic) bond motifs is 1. The van der Waals surface area contributed by atoms with Crippen LogP contribution in [0.1, 0.15) is 46.1 Å². The minimum absolute atomic E-state index is 0.188. The maximum absolute atomic E-state index is 12.9. The summed E-state index contributed by atoms with van der Waals surface area (Å²) in [5, 5.41) is 2.89. The zero-order valence-corrected chi connectivity index (χ0v) is 16.1. The van der Waals surface area contributed by atoms with Gasteiger partial charge in [-0.1, -0.05) is 12.1 Å².